The smallest absolute Gasteiger partial charge is 0.242 e. The monoisotopic (exact) mass is 415 g/mol. The van der Waals surface area contributed by atoms with Crippen molar-refractivity contribution in [1.82, 2.24) is 26.6 Å². The topological polar surface area (TPSA) is 215 Å². The SMILES string of the molecule is C[C@H](N)C(=O)N[C@@H](C)C(=O)N[C@@H](C)C(=O)N[C@@H](C)C(=O)NCC(=O)NCC(N)=O. The highest BCUT2D eigenvalue weighted by molar-refractivity contribution is 5.95. The normalized spacial score (nSPS) is 14.4. The lowest BCUT2D eigenvalue weighted by molar-refractivity contribution is -0.133. The highest BCUT2D eigenvalue weighted by Gasteiger charge is 2.24. The molecule has 0 unspecified atom stereocenters. The molecule has 0 radical (unpaired) electrons. The van der Waals surface area contributed by atoms with E-state index in [4.69, 9.17) is 11.5 Å². The number of hydrogen-bond donors (Lipinski definition) is 7. The van der Waals surface area contributed by atoms with E-state index in [2.05, 4.69) is 26.6 Å². The van der Waals surface area contributed by atoms with Gasteiger partial charge in [-0.05, 0) is 27.7 Å². The summed E-state index contributed by atoms with van der Waals surface area (Å²) < 4.78 is 0. The Labute approximate surface area is 168 Å². The zero-order valence-electron chi connectivity index (χ0n) is 16.8. The van der Waals surface area contributed by atoms with Gasteiger partial charge in [0.05, 0.1) is 19.1 Å². The minimum absolute atomic E-state index is 0.360. The van der Waals surface area contributed by atoms with Crippen LogP contribution in [0.1, 0.15) is 27.7 Å². The Morgan fingerprint density at radius 1 is 0.655 bits per heavy atom. The van der Waals surface area contributed by atoms with Gasteiger partial charge in [-0.2, -0.15) is 0 Å². The van der Waals surface area contributed by atoms with E-state index in [1.54, 1.807) is 0 Å². The van der Waals surface area contributed by atoms with Crippen LogP contribution < -0.4 is 38.1 Å². The third kappa shape index (κ3) is 10.6. The van der Waals surface area contributed by atoms with Crippen LogP contribution in [0.15, 0.2) is 0 Å². The molecule has 0 aromatic heterocycles. The average Bonchev–Trinajstić information content (AvgIpc) is 2.63. The van der Waals surface area contributed by atoms with Crippen LogP contribution in [0.25, 0.3) is 0 Å². The van der Waals surface area contributed by atoms with Crippen LogP contribution in [0, 0.1) is 0 Å². The summed E-state index contributed by atoms with van der Waals surface area (Å²) in [6.07, 6.45) is 0. The molecule has 0 spiro atoms. The Balaban J connectivity index is 4.42. The number of carbonyl (C=O) groups excluding carboxylic acids is 6. The fraction of sp³-hybridized carbons (Fsp3) is 0.625. The molecule has 164 valence electrons. The zero-order chi connectivity index (χ0) is 22.7. The van der Waals surface area contributed by atoms with Crippen molar-refractivity contribution in [2.45, 2.75) is 51.9 Å². The third-order valence-corrected chi connectivity index (χ3v) is 3.55. The first kappa shape index (κ1) is 25.8. The first-order valence-electron chi connectivity index (χ1n) is 8.84. The predicted molar refractivity (Wildman–Crippen MR) is 102 cm³/mol. The molecule has 0 fully saturated rings. The van der Waals surface area contributed by atoms with Gasteiger partial charge in [0.1, 0.15) is 18.1 Å². The molecular formula is C16H29N7O6. The fourth-order valence-electron chi connectivity index (χ4n) is 1.79. The first-order chi connectivity index (χ1) is 13.3. The molecule has 4 atom stereocenters. The molecule has 29 heavy (non-hydrogen) atoms. The minimum Gasteiger partial charge on any atom is -0.368 e. The van der Waals surface area contributed by atoms with Crippen LogP contribution >= 0.6 is 0 Å². The summed E-state index contributed by atoms with van der Waals surface area (Å²) in [4.78, 5) is 69.5. The number of nitrogens with one attached hydrogen (secondary N) is 5. The van der Waals surface area contributed by atoms with Crippen LogP contribution in [-0.2, 0) is 28.8 Å². The lowest BCUT2D eigenvalue weighted by Crippen LogP contribution is -2.55. The molecule has 9 N–H and O–H groups in total. The molecule has 0 heterocycles. The molecule has 0 aliphatic heterocycles. The lowest BCUT2D eigenvalue weighted by atomic mass is 10.2. The second-order valence-electron chi connectivity index (χ2n) is 6.44. The molecule has 0 aliphatic carbocycles. The van der Waals surface area contributed by atoms with Gasteiger partial charge in [0, 0.05) is 0 Å². The molecule has 0 saturated heterocycles. The Kier molecular flexibility index (Phi) is 10.9. The van der Waals surface area contributed by atoms with E-state index in [0.717, 1.165) is 0 Å². The van der Waals surface area contributed by atoms with E-state index in [0.29, 0.717) is 0 Å². The predicted octanol–water partition coefficient (Wildman–Crippen LogP) is -4.43. The van der Waals surface area contributed by atoms with Crippen molar-refractivity contribution in [2.75, 3.05) is 13.1 Å². The lowest BCUT2D eigenvalue weighted by Gasteiger charge is -2.20. The summed E-state index contributed by atoms with van der Waals surface area (Å²) >= 11 is 0. The molecule has 0 aromatic rings. The van der Waals surface area contributed by atoms with Crippen molar-refractivity contribution in [3.05, 3.63) is 0 Å². The highest BCUT2D eigenvalue weighted by atomic mass is 16.2. The number of carbonyl (C=O) groups is 6. The van der Waals surface area contributed by atoms with E-state index in [-0.39, 0.29) is 6.54 Å². The minimum atomic E-state index is -0.999. The van der Waals surface area contributed by atoms with Gasteiger partial charge in [0.15, 0.2) is 0 Å². The van der Waals surface area contributed by atoms with Gasteiger partial charge in [-0.3, -0.25) is 28.8 Å². The number of amides is 6. The maximum absolute atomic E-state index is 12.1. The summed E-state index contributed by atoms with van der Waals surface area (Å²) in [5, 5.41) is 11.6. The van der Waals surface area contributed by atoms with Gasteiger partial charge in [-0.1, -0.05) is 0 Å². The van der Waals surface area contributed by atoms with Gasteiger partial charge < -0.3 is 38.1 Å². The summed E-state index contributed by atoms with van der Waals surface area (Å²) in [7, 11) is 0. The van der Waals surface area contributed by atoms with Gasteiger partial charge in [0.25, 0.3) is 0 Å². The van der Waals surface area contributed by atoms with E-state index in [9.17, 15) is 28.8 Å². The van der Waals surface area contributed by atoms with Crippen molar-refractivity contribution in [1.29, 1.82) is 0 Å². The van der Waals surface area contributed by atoms with Crippen LogP contribution in [-0.4, -0.2) is 72.7 Å². The summed E-state index contributed by atoms with van der Waals surface area (Å²) in [6, 6.07) is -3.70. The number of primary amides is 1. The maximum Gasteiger partial charge on any atom is 0.242 e. The largest absolute Gasteiger partial charge is 0.368 e. The molecule has 6 amide bonds. The fourth-order valence-corrected chi connectivity index (χ4v) is 1.79. The summed E-state index contributed by atoms with van der Waals surface area (Å²) in [5.41, 5.74) is 10.3. The highest BCUT2D eigenvalue weighted by Crippen LogP contribution is 1.91. The van der Waals surface area contributed by atoms with E-state index < -0.39 is 66.2 Å². The second kappa shape index (κ2) is 12.3. The van der Waals surface area contributed by atoms with Crippen LogP contribution in [0.2, 0.25) is 0 Å². The van der Waals surface area contributed by atoms with Crippen LogP contribution in [0.4, 0.5) is 0 Å². The van der Waals surface area contributed by atoms with Crippen LogP contribution in [0.5, 0.6) is 0 Å². The average molecular weight is 415 g/mol. The summed E-state index contributed by atoms with van der Waals surface area (Å²) in [5.74, 6) is -3.78. The number of nitrogens with two attached hydrogens (primary N) is 2. The Hall–Kier alpha value is -3.22. The van der Waals surface area contributed by atoms with Gasteiger partial charge in [-0.25, -0.2) is 0 Å². The molecule has 0 aliphatic rings. The Morgan fingerprint density at radius 2 is 1.07 bits per heavy atom. The molecular weight excluding hydrogens is 386 g/mol. The Morgan fingerprint density at radius 3 is 1.48 bits per heavy atom. The van der Waals surface area contributed by atoms with Crippen molar-refractivity contribution >= 4 is 35.4 Å². The van der Waals surface area contributed by atoms with Crippen molar-refractivity contribution in [3.63, 3.8) is 0 Å². The van der Waals surface area contributed by atoms with Crippen molar-refractivity contribution in [2.24, 2.45) is 11.5 Å². The number of hydrogen-bond acceptors (Lipinski definition) is 7. The standard InChI is InChI=1S/C16H29N7O6/c1-7(17)13(26)21-9(3)15(28)23-10(4)16(29)22-8(2)14(27)20-6-12(25)19-5-11(18)24/h7-10H,5-6,17H2,1-4H3,(H2,18,24)(H,19,25)(H,20,27)(H,21,26)(H,22,29)(H,23,28)/t7-,8-,9-,10-/m0/s1. The molecule has 0 bridgehead atoms. The van der Waals surface area contributed by atoms with E-state index in [1.165, 1.54) is 27.7 Å². The molecule has 13 heteroatoms. The van der Waals surface area contributed by atoms with E-state index >= 15 is 0 Å². The molecule has 0 rings (SSSR count). The quantitative estimate of drug-likeness (QED) is 0.175. The third-order valence-electron chi connectivity index (χ3n) is 3.55. The van der Waals surface area contributed by atoms with E-state index in [1.807, 2.05) is 0 Å². The zero-order valence-corrected chi connectivity index (χ0v) is 16.8. The molecule has 13 nitrogen and oxygen atoms in total. The van der Waals surface area contributed by atoms with Gasteiger partial charge in [0.2, 0.25) is 35.4 Å². The second-order valence-corrected chi connectivity index (χ2v) is 6.44. The van der Waals surface area contributed by atoms with Gasteiger partial charge in [-0.15, -0.1) is 0 Å². The van der Waals surface area contributed by atoms with Crippen molar-refractivity contribution < 1.29 is 28.8 Å². The number of rotatable bonds is 11. The first-order valence-corrected chi connectivity index (χ1v) is 8.84. The van der Waals surface area contributed by atoms with Crippen LogP contribution in [0.3, 0.4) is 0 Å². The molecule has 0 aromatic carbocycles. The molecule has 0 saturated carbocycles. The summed E-state index contributed by atoms with van der Waals surface area (Å²) in [6.45, 7) is 4.91. The Bertz CT molecular complexity index is 652. The van der Waals surface area contributed by atoms with Crippen molar-refractivity contribution in [3.8, 4) is 0 Å². The maximum atomic E-state index is 12.1. The van der Waals surface area contributed by atoms with Gasteiger partial charge >= 0.3 is 0 Å².